The summed E-state index contributed by atoms with van der Waals surface area (Å²) >= 11 is 0. The fourth-order valence-corrected chi connectivity index (χ4v) is 1.01. The molecule has 1 amide bonds. The molecule has 0 aromatic heterocycles. The Morgan fingerprint density at radius 1 is 1.44 bits per heavy atom. The van der Waals surface area contributed by atoms with Crippen LogP contribution >= 0.6 is 0 Å². The fourth-order valence-electron chi connectivity index (χ4n) is 1.01. The number of primary amides is 1. The number of amides is 1. The predicted molar refractivity (Wildman–Crippen MR) is 59.5 cm³/mol. The van der Waals surface area contributed by atoms with E-state index in [0.29, 0.717) is 6.61 Å². The Balaban J connectivity index is 0.000000385. The number of esters is 1. The van der Waals surface area contributed by atoms with Crippen molar-refractivity contribution >= 4 is 11.9 Å². The highest BCUT2D eigenvalue weighted by Gasteiger charge is 2.16. The second-order valence-electron chi connectivity index (χ2n) is 3.08. The van der Waals surface area contributed by atoms with Crippen molar-refractivity contribution in [2.24, 2.45) is 5.73 Å². The maximum atomic E-state index is 10.6. The summed E-state index contributed by atoms with van der Waals surface area (Å²) in [5, 5.41) is 0. The van der Waals surface area contributed by atoms with E-state index in [9.17, 15) is 9.59 Å². The molecule has 0 aromatic carbocycles. The average Bonchev–Trinajstić information content (AvgIpc) is 2.79. The van der Waals surface area contributed by atoms with Crippen molar-refractivity contribution in [2.75, 3.05) is 13.2 Å². The zero-order chi connectivity index (χ0) is 12.4. The Bertz CT molecular complexity index is 257. The highest BCUT2D eigenvalue weighted by molar-refractivity contribution is 5.85. The lowest BCUT2D eigenvalue weighted by atomic mass is 10.2. The van der Waals surface area contributed by atoms with Gasteiger partial charge < -0.3 is 15.2 Å². The predicted octanol–water partition coefficient (Wildman–Crippen LogP) is 0.552. The third-order valence-electron chi connectivity index (χ3n) is 1.80. The number of hydrogen-bond acceptors (Lipinski definition) is 4. The van der Waals surface area contributed by atoms with E-state index in [1.807, 2.05) is 0 Å². The van der Waals surface area contributed by atoms with Crippen LogP contribution in [0.1, 0.15) is 12.8 Å². The summed E-state index contributed by atoms with van der Waals surface area (Å²) in [6, 6.07) is 0. The molecule has 5 nitrogen and oxygen atoms in total. The summed E-state index contributed by atoms with van der Waals surface area (Å²) in [7, 11) is 0. The van der Waals surface area contributed by atoms with Crippen molar-refractivity contribution in [2.45, 2.75) is 18.9 Å². The van der Waals surface area contributed by atoms with Crippen molar-refractivity contribution in [3.05, 3.63) is 25.3 Å². The third-order valence-corrected chi connectivity index (χ3v) is 1.80. The van der Waals surface area contributed by atoms with Crippen LogP contribution in [0.3, 0.4) is 0 Å². The molecule has 16 heavy (non-hydrogen) atoms. The third kappa shape index (κ3) is 7.75. The van der Waals surface area contributed by atoms with Crippen molar-refractivity contribution in [3.8, 4) is 0 Å². The van der Waals surface area contributed by atoms with Gasteiger partial charge in [-0.2, -0.15) is 0 Å². The fraction of sp³-hybridized carbons (Fsp3) is 0.455. The van der Waals surface area contributed by atoms with Gasteiger partial charge in [0.2, 0.25) is 5.91 Å². The molecule has 0 radical (unpaired) electrons. The van der Waals surface area contributed by atoms with Gasteiger partial charge in [-0.1, -0.05) is 13.2 Å². The summed E-state index contributed by atoms with van der Waals surface area (Å²) in [6.45, 7) is 7.53. The van der Waals surface area contributed by atoms with Crippen LogP contribution < -0.4 is 5.73 Å². The van der Waals surface area contributed by atoms with Gasteiger partial charge in [0.25, 0.3) is 0 Å². The van der Waals surface area contributed by atoms with E-state index in [-0.39, 0.29) is 12.1 Å². The van der Waals surface area contributed by atoms with Crippen molar-refractivity contribution < 1.29 is 19.1 Å². The molecule has 0 saturated carbocycles. The summed E-state index contributed by atoms with van der Waals surface area (Å²) in [5.74, 6) is -0.856. The van der Waals surface area contributed by atoms with E-state index < -0.39 is 5.91 Å². The number of rotatable bonds is 4. The van der Waals surface area contributed by atoms with Crippen LogP contribution in [0.15, 0.2) is 25.3 Å². The van der Waals surface area contributed by atoms with Crippen LogP contribution in [0.4, 0.5) is 0 Å². The SMILES string of the molecule is C=CC(=O)OCC1CCCO1.C=CC(N)=O. The Morgan fingerprint density at radius 3 is 2.44 bits per heavy atom. The molecule has 0 bridgehead atoms. The van der Waals surface area contributed by atoms with E-state index in [2.05, 4.69) is 18.9 Å². The quantitative estimate of drug-likeness (QED) is 0.562. The van der Waals surface area contributed by atoms with Crippen LogP contribution in [0.2, 0.25) is 0 Å². The first-order chi connectivity index (χ1) is 7.60. The molecule has 90 valence electrons. The number of hydrogen-bond donors (Lipinski definition) is 1. The van der Waals surface area contributed by atoms with Gasteiger partial charge in [0, 0.05) is 12.7 Å². The van der Waals surface area contributed by atoms with Gasteiger partial charge in [-0.3, -0.25) is 4.79 Å². The van der Waals surface area contributed by atoms with Gasteiger partial charge in [0.1, 0.15) is 6.61 Å². The molecule has 0 aromatic rings. The first-order valence-electron chi connectivity index (χ1n) is 4.92. The first kappa shape index (κ1) is 14.4. The molecule has 1 aliphatic heterocycles. The normalized spacial score (nSPS) is 17.9. The highest BCUT2D eigenvalue weighted by atomic mass is 16.6. The van der Waals surface area contributed by atoms with Gasteiger partial charge in [-0.15, -0.1) is 0 Å². The maximum absolute atomic E-state index is 10.6. The second-order valence-corrected chi connectivity index (χ2v) is 3.08. The van der Waals surface area contributed by atoms with Gasteiger partial charge >= 0.3 is 5.97 Å². The Labute approximate surface area is 94.9 Å². The highest BCUT2D eigenvalue weighted by Crippen LogP contribution is 2.11. The topological polar surface area (TPSA) is 78.6 Å². The summed E-state index contributed by atoms with van der Waals surface area (Å²) < 4.78 is 10.0. The van der Waals surface area contributed by atoms with Crippen LogP contribution in [0.25, 0.3) is 0 Å². The summed E-state index contributed by atoms with van der Waals surface area (Å²) in [5.41, 5.74) is 4.53. The average molecular weight is 227 g/mol. The number of nitrogens with two attached hydrogens (primary N) is 1. The molecular weight excluding hydrogens is 210 g/mol. The smallest absolute Gasteiger partial charge is 0.330 e. The molecule has 2 N–H and O–H groups in total. The van der Waals surface area contributed by atoms with Crippen LogP contribution in [0.5, 0.6) is 0 Å². The van der Waals surface area contributed by atoms with Gasteiger partial charge in [0.05, 0.1) is 6.10 Å². The molecule has 1 unspecified atom stereocenters. The van der Waals surface area contributed by atoms with Gasteiger partial charge in [-0.05, 0) is 18.9 Å². The lowest BCUT2D eigenvalue weighted by molar-refractivity contribution is -0.140. The molecule has 1 saturated heterocycles. The molecule has 1 heterocycles. The number of carbonyl (C=O) groups is 2. The number of ether oxygens (including phenoxy) is 2. The Kier molecular flexibility index (Phi) is 7.79. The molecule has 1 aliphatic rings. The van der Waals surface area contributed by atoms with E-state index in [1.54, 1.807) is 0 Å². The first-order valence-corrected chi connectivity index (χ1v) is 4.92. The Morgan fingerprint density at radius 2 is 2.06 bits per heavy atom. The van der Waals surface area contributed by atoms with Crippen LogP contribution in [0, 0.1) is 0 Å². The van der Waals surface area contributed by atoms with Crippen molar-refractivity contribution in [1.29, 1.82) is 0 Å². The summed E-state index contributed by atoms with van der Waals surface area (Å²) in [4.78, 5) is 20.0. The molecule has 1 rings (SSSR count). The van der Waals surface area contributed by atoms with Crippen molar-refractivity contribution in [3.63, 3.8) is 0 Å². The molecule has 5 heteroatoms. The monoisotopic (exact) mass is 227 g/mol. The van der Waals surface area contributed by atoms with E-state index in [4.69, 9.17) is 9.47 Å². The molecule has 0 spiro atoms. The lowest BCUT2D eigenvalue weighted by Gasteiger charge is -2.07. The van der Waals surface area contributed by atoms with Crippen LogP contribution in [-0.4, -0.2) is 31.2 Å². The van der Waals surface area contributed by atoms with Gasteiger partial charge in [0.15, 0.2) is 0 Å². The molecule has 1 fully saturated rings. The minimum absolute atomic E-state index is 0.110. The van der Waals surface area contributed by atoms with Crippen LogP contribution in [-0.2, 0) is 19.1 Å². The molecule has 1 atom stereocenters. The van der Waals surface area contributed by atoms with Crippen molar-refractivity contribution in [1.82, 2.24) is 0 Å². The second kappa shape index (κ2) is 8.67. The molecular formula is C11H17NO4. The zero-order valence-corrected chi connectivity index (χ0v) is 9.19. The largest absolute Gasteiger partial charge is 0.460 e. The minimum atomic E-state index is -0.481. The zero-order valence-electron chi connectivity index (χ0n) is 9.19. The van der Waals surface area contributed by atoms with E-state index >= 15 is 0 Å². The number of carbonyl (C=O) groups excluding carboxylic acids is 2. The Hall–Kier alpha value is -1.62. The summed E-state index contributed by atoms with van der Waals surface area (Å²) in [6.07, 6.45) is 4.38. The lowest BCUT2D eigenvalue weighted by Crippen LogP contribution is -2.16. The standard InChI is InChI=1S/C8H12O3.C3H5NO/c1-2-8(9)11-6-7-4-3-5-10-7;1-2-3(4)5/h2,7H,1,3-6H2;2H,1H2,(H2,4,5). The van der Waals surface area contributed by atoms with E-state index in [0.717, 1.165) is 31.6 Å². The molecule has 0 aliphatic carbocycles. The van der Waals surface area contributed by atoms with E-state index in [1.165, 1.54) is 0 Å². The minimum Gasteiger partial charge on any atom is -0.460 e. The maximum Gasteiger partial charge on any atom is 0.330 e. The van der Waals surface area contributed by atoms with Gasteiger partial charge in [-0.25, -0.2) is 4.79 Å².